The summed E-state index contributed by atoms with van der Waals surface area (Å²) in [5, 5.41) is 10.6. The maximum absolute atomic E-state index is 14.3. The second kappa shape index (κ2) is 14.1. The third-order valence-electron chi connectivity index (χ3n) is 6.66. The Labute approximate surface area is 262 Å². The van der Waals surface area contributed by atoms with Crippen LogP contribution in [-0.2, 0) is 42.9 Å². The SMILES string of the molecule is CC(=O)OC[C@H]1O[C@@H](n2c(-c3ccccn3)cc(-c3ccc(Cl)cc3)c(C#N)c2=O)[C@H](OC(C)=O)[C@@H](OC(C)=O)[C@H]1OC(C)=O. The standard InChI is InChI=1S/C31H28ClN3O10/c1-16(36)41-15-26-27(42-17(2)37)28(43-18(3)38)29(44-19(4)39)31(45-26)35-25(24-7-5-6-12-34-24)13-22(23(14-33)30(35)40)20-8-10-21(32)11-9-20/h5-13,26-29,31H,15H2,1-4H3/t26-,27+,28+,29-,31-/m1/s1. The van der Waals surface area contributed by atoms with E-state index in [0.717, 1.165) is 32.3 Å². The van der Waals surface area contributed by atoms with Gasteiger partial charge in [-0.25, -0.2) is 0 Å². The Hall–Kier alpha value is -5.06. The smallest absolute Gasteiger partial charge is 0.303 e. The predicted molar refractivity (Wildman–Crippen MR) is 156 cm³/mol. The molecule has 0 amide bonds. The highest BCUT2D eigenvalue weighted by molar-refractivity contribution is 6.30. The Morgan fingerprint density at radius 2 is 1.53 bits per heavy atom. The molecule has 5 atom stereocenters. The van der Waals surface area contributed by atoms with E-state index in [1.807, 2.05) is 6.07 Å². The number of carbonyl (C=O) groups excluding carboxylic acids is 4. The third-order valence-corrected chi connectivity index (χ3v) is 6.91. The van der Waals surface area contributed by atoms with E-state index < -0.39 is 66.7 Å². The minimum Gasteiger partial charge on any atom is -0.463 e. The van der Waals surface area contributed by atoms with Gasteiger partial charge in [0.25, 0.3) is 5.56 Å². The summed E-state index contributed by atoms with van der Waals surface area (Å²) in [5.41, 5.74) is -0.0235. The molecule has 0 bridgehead atoms. The second-order valence-corrected chi connectivity index (χ2v) is 10.4. The molecular formula is C31H28ClN3O10. The van der Waals surface area contributed by atoms with Crippen molar-refractivity contribution in [3.63, 3.8) is 0 Å². The first-order valence-corrected chi connectivity index (χ1v) is 14.0. The van der Waals surface area contributed by atoms with Crippen LogP contribution in [0.1, 0.15) is 39.5 Å². The lowest BCUT2D eigenvalue weighted by Crippen LogP contribution is -2.61. The van der Waals surface area contributed by atoms with Crippen molar-refractivity contribution in [3.05, 3.63) is 75.7 Å². The molecular weight excluding hydrogens is 610 g/mol. The first-order valence-electron chi connectivity index (χ1n) is 13.6. The number of nitrogens with zero attached hydrogens (tertiary/aromatic N) is 3. The van der Waals surface area contributed by atoms with Gasteiger partial charge in [0, 0.05) is 44.5 Å². The number of halogens is 1. The average molecular weight is 638 g/mol. The van der Waals surface area contributed by atoms with E-state index in [4.69, 9.17) is 35.3 Å². The lowest BCUT2D eigenvalue weighted by molar-refractivity contribution is -0.268. The fourth-order valence-corrected chi connectivity index (χ4v) is 5.09. The summed E-state index contributed by atoms with van der Waals surface area (Å²) < 4.78 is 29.0. The number of aromatic nitrogens is 2. The Bertz CT molecular complexity index is 1700. The second-order valence-electron chi connectivity index (χ2n) is 9.92. The van der Waals surface area contributed by atoms with E-state index >= 15 is 0 Å². The lowest BCUT2D eigenvalue weighted by Gasteiger charge is -2.45. The van der Waals surface area contributed by atoms with E-state index in [0.29, 0.717) is 10.6 Å². The van der Waals surface area contributed by atoms with Crippen LogP contribution < -0.4 is 5.56 Å². The first kappa shape index (κ1) is 32.8. The monoisotopic (exact) mass is 637 g/mol. The Morgan fingerprint density at radius 1 is 0.911 bits per heavy atom. The molecule has 0 saturated carbocycles. The predicted octanol–water partition coefficient (Wildman–Crippen LogP) is 3.36. The molecule has 1 aliphatic rings. The molecule has 3 heterocycles. The number of nitriles is 1. The summed E-state index contributed by atoms with van der Waals surface area (Å²) in [6, 6.07) is 14.9. The summed E-state index contributed by atoms with van der Waals surface area (Å²) in [6.07, 6.45) is -6.04. The number of rotatable bonds is 8. The number of hydrogen-bond donors (Lipinski definition) is 0. The fourth-order valence-electron chi connectivity index (χ4n) is 4.97. The molecule has 0 unspecified atom stereocenters. The van der Waals surface area contributed by atoms with E-state index in [1.165, 1.54) is 6.20 Å². The molecule has 1 fully saturated rings. The maximum Gasteiger partial charge on any atom is 0.303 e. The highest BCUT2D eigenvalue weighted by atomic mass is 35.5. The Balaban J connectivity index is 2.04. The molecule has 14 heteroatoms. The highest BCUT2D eigenvalue weighted by Gasteiger charge is 2.53. The molecule has 1 aromatic carbocycles. The summed E-state index contributed by atoms with van der Waals surface area (Å²) in [7, 11) is 0. The van der Waals surface area contributed by atoms with E-state index in [-0.39, 0.29) is 22.5 Å². The van der Waals surface area contributed by atoms with Crippen molar-refractivity contribution in [2.75, 3.05) is 6.61 Å². The molecule has 2 aromatic heterocycles. The van der Waals surface area contributed by atoms with Crippen molar-refractivity contribution in [1.82, 2.24) is 9.55 Å². The van der Waals surface area contributed by atoms with Crippen molar-refractivity contribution in [1.29, 1.82) is 5.26 Å². The van der Waals surface area contributed by atoms with Crippen LogP contribution in [0, 0.1) is 11.3 Å². The zero-order valence-electron chi connectivity index (χ0n) is 24.6. The normalized spacial score (nSPS) is 20.8. The minimum atomic E-state index is -1.61. The number of esters is 4. The molecule has 0 radical (unpaired) electrons. The zero-order valence-corrected chi connectivity index (χ0v) is 25.3. The van der Waals surface area contributed by atoms with Crippen LogP contribution in [0.2, 0.25) is 5.02 Å². The van der Waals surface area contributed by atoms with Gasteiger partial charge in [-0.2, -0.15) is 5.26 Å². The van der Waals surface area contributed by atoms with Gasteiger partial charge >= 0.3 is 23.9 Å². The van der Waals surface area contributed by atoms with Crippen LogP contribution in [0.25, 0.3) is 22.5 Å². The van der Waals surface area contributed by atoms with Crippen LogP contribution in [0.4, 0.5) is 0 Å². The van der Waals surface area contributed by atoms with Crippen LogP contribution in [0.3, 0.4) is 0 Å². The van der Waals surface area contributed by atoms with Gasteiger partial charge < -0.3 is 23.7 Å². The molecule has 4 rings (SSSR count). The zero-order chi connectivity index (χ0) is 32.8. The van der Waals surface area contributed by atoms with Gasteiger partial charge in [0.05, 0.1) is 11.4 Å². The summed E-state index contributed by atoms with van der Waals surface area (Å²) in [5.74, 6) is -3.20. The van der Waals surface area contributed by atoms with Gasteiger partial charge in [0.1, 0.15) is 24.3 Å². The molecule has 0 N–H and O–H groups in total. The van der Waals surface area contributed by atoms with Crippen LogP contribution in [0.5, 0.6) is 0 Å². The van der Waals surface area contributed by atoms with Gasteiger partial charge in [0.15, 0.2) is 24.5 Å². The number of benzene rings is 1. The molecule has 0 aliphatic carbocycles. The van der Waals surface area contributed by atoms with Crippen molar-refractivity contribution in [2.45, 2.75) is 58.3 Å². The van der Waals surface area contributed by atoms with E-state index in [2.05, 4.69) is 4.98 Å². The number of carbonyl (C=O) groups is 4. The fraction of sp³-hybridized carbons (Fsp3) is 0.323. The Morgan fingerprint density at radius 3 is 2.09 bits per heavy atom. The van der Waals surface area contributed by atoms with Gasteiger partial charge in [-0.1, -0.05) is 29.8 Å². The Kier molecular flexibility index (Phi) is 10.3. The summed E-state index contributed by atoms with van der Waals surface area (Å²) in [4.78, 5) is 67.3. The lowest BCUT2D eigenvalue weighted by atomic mass is 9.95. The van der Waals surface area contributed by atoms with Crippen molar-refractivity contribution >= 4 is 35.5 Å². The minimum absolute atomic E-state index is 0.130. The molecule has 234 valence electrons. The van der Waals surface area contributed by atoms with Gasteiger partial charge in [-0.05, 0) is 35.9 Å². The quantitative estimate of drug-likeness (QED) is 0.261. The van der Waals surface area contributed by atoms with Gasteiger partial charge in [0.2, 0.25) is 0 Å². The molecule has 13 nitrogen and oxygen atoms in total. The molecule has 0 spiro atoms. The van der Waals surface area contributed by atoms with Crippen LogP contribution >= 0.6 is 11.6 Å². The molecule has 1 aliphatic heterocycles. The van der Waals surface area contributed by atoms with E-state index in [1.54, 1.807) is 48.5 Å². The maximum atomic E-state index is 14.3. The topological polar surface area (TPSA) is 173 Å². The third kappa shape index (κ3) is 7.54. The van der Waals surface area contributed by atoms with Crippen LogP contribution in [0.15, 0.2) is 59.5 Å². The summed E-state index contributed by atoms with van der Waals surface area (Å²) >= 11 is 6.07. The van der Waals surface area contributed by atoms with Gasteiger partial charge in [-0.3, -0.25) is 33.5 Å². The summed E-state index contributed by atoms with van der Waals surface area (Å²) in [6.45, 7) is 3.90. The van der Waals surface area contributed by atoms with Crippen molar-refractivity contribution in [2.24, 2.45) is 0 Å². The molecule has 45 heavy (non-hydrogen) atoms. The van der Waals surface area contributed by atoms with Gasteiger partial charge in [-0.15, -0.1) is 0 Å². The van der Waals surface area contributed by atoms with Crippen LogP contribution in [-0.4, -0.2) is 64.5 Å². The first-order chi connectivity index (χ1) is 21.4. The molecule has 3 aromatic rings. The van der Waals surface area contributed by atoms with Crippen molar-refractivity contribution < 1.29 is 42.9 Å². The van der Waals surface area contributed by atoms with E-state index in [9.17, 15) is 29.2 Å². The van der Waals surface area contributed by atoms with Crippen molar-refractivity contribution in [3.8, 4) is 28.6 Å². The largest absolute Gasteiger partial charge is 0.463 e. The number of hydrogen-bond acceptors (Lipinski definition) is 12. The number of ether oxygens (including phenoxy) is 5. The number of pyridine rings is 2. The highest BCUT2D eigenvalue weighted by Crippen LogP contribution is 2.37. The molecule has 1 saturated heterocycles. The average Bonchev–Trinajstić information content (AvgIpc) is 2.98.